The average Bonchev–Trinajstić information content (AvgIpc) is 2.28. The number of hydrogen-bond acceptors (Lipinski definition) is 4. The van der Waals surface area contributed by atoms with Crippen LogP contribution >= 0.6 is 0 Å². The first-order valence-corrected chi connectivity index (χ1v) is 6.84. The Morgan fingerprint density at radius 2 is 1.00 bits per heavy atom. The van der Waals surface area contributed by atoms with Crippen LogP contribution in [0.15, 0.2) is 0 Å². The van der Waals surface area contributed by atoms with E-state index in [1.165, 1.54) is 0 Å². The predicted octanol–water partition coefficient (Wildman–Crippen LogP) is 2.65. The van der Waals surface area contributed by atoms with E-state index >= 15 is 0 Å². The zero-order valence-electron chi connectivity index (χ0n) is 13.2. The quantitative estimate of drug-likeness (QED) is 0.498. The van der Waals surface area contributed by atoms with Gasteiger partial charge in [0.15, 0.2) is 0 Å². The molecule has 4 nitrogen and oxygen atoms in total. The number of ether oxygens (including phenoxy) is 3. The third-order valence-electron chi connectivity index (χ3n) is 2.10. The summed E-state index contributed by atoms with van der Waals surface area (Å²) >= 11 is 0. The van der Waals surface area contributed by atoms with Crippen LogP contribution in [0.3, 0.4) is 0 Å². The Morgan fingerprint density at radius 3 is 1.16 bits per heavy atom. The van der Waals surface area contributed by atoms with Gasteiger partial charge < -0.3 is 19.3 Å². The Balaban J connectivity index is 0. The molecule has 0 fully saturated rings. The molecule has 0 bridgehead atoms. The zero-order chi connectivity index (χ0) is 14.2. The molecule has 0 aliphatic carbocycles. The molecule has 5 heteroatoms. The molecule has 0 saturated heterocycles. The van der Waals surface area contributed by atoms with Crippen molar-refractivity contribution >= 4 is 0 Å². The van der Waals surface area contributed by atoms with E-state index in [4.69, 9.17) is 14.2 Å². The van der Waals surface area contributed by atoms with E-state index in [0.717, 1.165) is 0 Å². The van der Waals surface area contributed by atoms with Gasteiger partial charge in [-0.05, 0) is 17.8 Å². The molecule has 0 unspecified atom stereocenters. The molecule has 0 aromatic rings. The fourth-order valence-electron chi connectivity index (χ4n) is 1.14. The number of aliphatic hydroxyl groups is 1. The minimum absolute atomic E-state index is 0. The van der Waals surface area contributed by atoms with Crippen molar-refractivity contribution in [3.8, 4) is 0 Å². The molecule has 0 atom stereocenters. The molecule has 0 heterocycles. The summed E-state index contributed by atoms with van der Waals surface area (Å²) in [6, 6.07) is 0. The minimum atomic E-state index is -1.31. The second-order valence-electron chi connectivity index (χ2n) is 5.96. The molecule has 0 aliphatic rings. The predicted molar refractivity (Wildman–Crippen MR) is 72.2 cm³/mol. The summed E-state index contributed by atoms with van der Waals surface area (Å²) in [5.41, 5.74) is 0. The number of aliphatic hydroxyl groups excluding tert-OH is 1. The van der Waals surface area contributed by atoms with Crippen LogP contribution in [0.5, 0.6) is 0 Å². The van der Waals surface area contributed by atoms with Crippen LogP contribution in [0.4, 0.5) is 0 Å². The summed E-state index contributed by atoms with van der Waals surface area (Å²) in [5, 5.41) is 9.54. The summed E-state index contributed by atoms with van der Waals surface area (Å²) in [4.78, 5) is 0. The van der Waals surface area contributed by atoms with E-state index in [0.29, 0.717) is 37.6 Å². The van der Waals surface area contributed by atoms with Gasteiger partial charge in [-0.1, -0.05) is 41.5 Å². The van der Waals surface area contributed by atoms with Gasteiger partial charge in [-0.25, -0.2) is 0 Å². The van der Waals surface area contributed by atoms with Gasteiger partial charge in [0, 0.05) is 21.7 Å². The van der Waals surface area contributed by atoms with Crippen LogP contribution in [0.2, 0.25) is 0 Å². The van der Waals surface area contributed by atoms with Gasteiger partial charge in [0.1, 0.15) is 6.61 Å². The summed E-state index contributed by atoms with van der Waals surface area (Å²) < 4.78 is 16.9. The van der Waals surface area contributed by atoms with E-state index in [1.54, 1.807) is 0 Å². The van der Waals surface area contributed by atoms with Crippen molar-refractivity contribution < 1.29 is 41.0 Å². The molecule has 1 N–H and O–H groups in total. The van der Waals surface area contributed by atoms with E-state index in [9.17, 15) is 5.11 Å². The van der Waals surface area contributed by atoms with Crippen molar-refractivity contribution in [3.63, 3.8) is 0 Å². The summed E-state index contributed by atoms with van der Waals surface area (Å²) in [6.45, 7) is 13.5. The molecule has 0 amide bonds. The van der Waals surface area contributed by atoms with Crippen molar-refractivity contribution in [3.05, 3.63) is 0 Å². The van der Waals surface area contributed by atoms with Crippen LogP contribution in [0.25, 0.3) is 0 Å². The molecule has 0 rings (SSSR count). The van der Waals surface area contributed by atoms with Gasteiger partial charge in [0.2, 0.25) is 0 Å². The largest absolute Gasteiger partial charge is 0.388 e. The standard InChI is InChI=1S/C14H30O4.Ti/c1-11(2)7-16-14(10-15,17-8-12(3)4)18-9-13(5)6;/h11-13,15H,7-10H2,1-6H3;. The van der Waals surface area contributed by atoms with Gasteiger partial charge in [0.25, 0.3) is 0 Å². The normalized spacial score (nSPS) is 12.3. The van der Waals surface area contributed by atoms with Gasteiger partial charge in [-0.3, -0.25) is 0 Å². The van der Waals surface area contributed by atoms with Crippen LogP contribution in [0.1, 0.15) is 41.5 Å². The van der Waals surface area contributed by atoms with Crippen molar-refractivity contribution in [2.75, 3.05) is 26.4 Å². The second kappa shape index (κ2) is 11.2. The summed E-state index contributed by atoms with van der Waals surface area (Å²) in [6.07, 6.45) is 0. The Morgan fingerprint density at radius 1 is 0.737 bits per heavy atom. The third kappa shape index (κ3) is 10.9. The Bertz CT molecular complexity index is 176. The molecule has 114 valence electrons. The van der Waals surface area contributed by atoms with Gasteiger partial charge in [0.05, 0.1) is 19.8 Å². The Hall–Kier alpha value is 0.554. The Labute approximate surface area is 133 Å². The van der Waals surface area contributed by atoms with Crippen LogP contribution in [0, 0.1) is 17.8 Å². The van der Waals surface area contributed by atoms with E-state index in [2.05, 4.69) is 0 Å². The summed E-state index contributed by atoms with van der Waals surface area (Å²) in [5.74, 6) is -0.220. The van der Waals surface area contributed by atoms with E-state index in [1.807, 2.05) is 41.5 Å². The topological polar surface area (TPSA) is 47.9 Å². The summed E-state index contributed by atoms with van der Waals surface area (Å²) in [7, 11) is 0. The fourth-order valence-corrected chi connectivity index (χ4v) is 1.14. The van der Waals surface area contributed by atoms with Gasteiger partial charge >= 0.3 is 5.97 Å². The molecule has 19 heavy (non-hydrogen) atoms. The molecular formula is C14H30O4Ti. The molecule has 0 aliphatic heterocycles. The second-order valence-corrected chi connectivity index (χ2v) is 5.96. The first-order valence-electron chi connectivity index (χ1n) is 6.84. The van der Waals surface area contributed by atoms with Crippen molar-refractivity contribution in [2.24, 2.45) is 17.8 Å². The molecule has 0 aromatic heterocycles. The number of hydrogen-bond donors (Lipinski definition) is 1. The maximum Gasteiger partial charge on any atom is 0.307 e. The SMILES string of the molecule is CC(C)COC(CO)(OCC(C)C)OCC(C)C.[Ti]. The number of rotatable bonds is 10. The maximum atomic E-state index is 9.54. The maximum absolute atomic E-state index is 9.54. The van der Waals surface area contributed by atoms with Crippen LogP contribution in [-0.2, 0) is 35.9 Å². The Kier molecular flexibility index (Phi) is 12.9. The van der Waals surface area contributed by atoms with Crippen molar-refractivity contribution in [2.45, 2.75) is 47.5 Å². The van der Waals surface area contributed by atoms with Crippen molar-refractivity contribution in [1.82, 2.24) is 0 Å². The molecule has 0 radical (unpaired) electrons. The molecular weight excluding hydrogens is 280 g/mol. The third-order valence-corrected chi connectivity index (χ3v) is 2.10. The molecule has 0 aromatic carbocycles. The monoisotopic (exact) mass is 310 g/mol. The van der Waals surface area contributed by atoms with Gasteiger partial charge in [-0.15, -0.1) is 0 Å². The van der Waals surface area contributed by atoms with Gasteiger partial charge in [-0.2, -0.15) is 0 Å². The fraction of sp³-hybridized carbons (Fsp3) is 1.00. The molecule has 0 spiro atoms. The van der Waals surface area contributed by atoms with E-state index < -0.39 is 5.97 Å². The smallest absolute Gasteiger partial charge is 0.307 e. The minimum Gasteiger partial charge on any atom is -0.388 e. The van der Waals surface area contributed by atoms with Crippen molar-refractivity contribution in [1.29, 1.82) is 0 Å². The molecule has 0 saturated carbocycles. The zero-order valence-corrected chi connectivity index (χ0v) is 14.8. The van der Waals surface area contributed by atoms with E-state index in [-0.39, 0.29) is 28.3 Å². The first-order chi connectivity index (χ1) is 8.31. The average molecular weight is 310 g/mol. The van der Waals surface area contributed by atoms with Crippen LogP contribution < -0.4 is 0 Å². The van der Waals surface area contributed by atoms with Crippen LogP contribution in [-0.4, -0.2) is 37.5 Å². The first kappa shape index (κ1) is 21.8.